The number of amides is 1. The van der Waals surface area contributed by atoms with Gasteiger partial charge in [0.1, 0.15) is 23.6 Å². The molecule has 42 heavy (non-hydrogen) atoms. The first-order valence-corrected chi connectivity index (χ1v) is 14.5. The van der Waals surface area contributed by atoms with E-state index in [-0.39, 0.29) is 5.91 Å². The number of aromatic nitrogens is 3. The van der Waals surface area contributed by atoms with Gasteiger partial charge in [-0.25, -0.2) is 9.97 Å². The zero-order valence-corrected chi connectivity index (χ0v) is 24.1. The summed E-state index contributed by atoms with van der Waals surface area (Å²) in [5, 5.41) is 0.998. The number of carbonyl (C=O) groups excluding carboxylic acids is 1. The minimum absolute atomic E-state index is 0.0400. The molecule has 214 valence electrons. The van der Waals surface area contributed by atoms with Crippen LogP contribution in [0.25, 0.3) is 27.8 Å². The van der Waals surface area contributed by atoms with Crippen molar-refractivity contribution in [3.8, 4) is 28.3 Å². The maximum absolute atomic E-state index is 13.3. The fourth-order valence-corrected chi connectivity index (χ4v) is 5.39. The van der Waals surface area contributed by atoms with Gasteiger partial charge in [-0.1, -0.05) is 43.7 Å². The molecule has 0 N–H and O–H groups in total. The highest BCUT2D eigenvalue weighted by molar-refractivity contribution is 6.02. The van der Waals surface area contributed by atoms with Crippen LogP contribution in [0, 0.1) is 0 Å². The van der Waals surface area contributed by atoms with Crippen molar-refractivity contribution in [2.45, 2.75) is 19.8 Å². The van der Waals surface area contributed by atoms with E-state index >= 15 is 0 Å². The standard InChI is InChI=1S/C34H35N5O3/c1-3-4-22-42-29-14-10-26(11-15-29)34(40)38-20-18-37(19-21-38)32-31-30(25-8-6-5-7-9-25)23-39(33(31)36-24-35-32)27-12-16-28(41-2)17-13-27/h5-17,23-24H,3-4,18-22H2,1-2H3. The minimum Gasteiger partial charge on any atom is -0.497 e. The number of fused-ring (bicyclic) bond motifs is 1. The second-order valence-electron chi connectivity index (χ2n) is 10.4. The third-order valence-corrected chi connectivity index (χ3v) is 7.73. The molecule has 3 heterocycles. The monoisotopic (exact) mass is 561 g/mol. The number of piperazine rings is 1. The summed E-state index contributed by atoms with van der Waals surface area (Å²) in [4.78, 5) is 27.0. The van der Waals surface area contributed by atoms with Gasteiger partial charge < -0.3 is 23.8 Å². The van der Waals surface area contributed by atoms with Gasteiger partial charge >= 0.3 is 0 Å². The number of unbranched alkanes of at least 4 members (excludes halogenated alkanes) is 1. The van der Waals surface area contributed by atoms with Crippen LogP contribution in [0.3, 0.4) is 0 Å². The summed E-state index contributed by atoms with van der Waals surface area (Å²) in [6, 6.07) is 25.8. The van der Waals surface area contributed by atoms with Crippen LogP contribution in [-0.4, -0.2) is 65.2 Å². The van der Waals surface area contributed by atoms with Crippen LogP contribution in [0.1, 0.15) is 30.1 Å². The normalized spacial score (nSPS) is 13.4. The van der Waals surface area contributed by atoms with E-state index in [4.69, 9.17) is 19.4 Å². The molecule has 8 nitrogen and oxygen atoms in total. The van der Waals surface area contributed by atoms with Gasteiger partial charge in [-0.2, -0.15) is 0 Å². The molecular formula is C34H35N5O3. The molecule has 6 rings (SSSR count). The second-order valence-corrected chi connectivity index (χ2v) is 10.4. The molecule has 2 aromatic heterocycles. The van der Waals surface area contributed by atoms with Crippen molar-refractivity contribution in [1.82, 2.24) is 19.4 Å². The third kappa shape index (κ3) is 5.52. The van der Waals surface area contributed by atoms with E-state index in [9.17, 15) is 4.79 Å². The smallest absolute Gasteiger partial charge is 0.253 e. The molecule has 0 radical (unpaired) electrons. The largest absolute Gasteiger partial charge is 0.497 e. The average Bonchev–Trinajstić information content (AvgIpc) is 3.45. The number of carbonyl (C=O) groups is 1. The summed E-state index contributed by atoms with van der Waals surface area (Å²) < 4.78 is 13.2. The molecule has 1 fully saturated rings. The highest BCUT2D eigenvalue weighted by Gasteiger charge is 2.26. The number of nitrogens with zero attached hydrogens (tertiary/aromatic N) is 5. The SMILES string of the molecule is CCCCOc1ccc(C(=O)N2CCN(c3ncnc4c3c(-c3ccccc3)cn4-c3ccc(OC)cc3)CC2)cc1. The van der Waals surface area contributed by atoms with Crippen LogP contribution in [0.5, 0.6) is 11.5 Å². The van der Waals surface area contributed by atoms with Gasteiger partial charge in [0.05, 0.1) is 19.1 Å². The van der Waals surface area contributed by atoms with Crippen LogP contribution in [0.15, 0.2) is 91.4 Å². The highest BCUT2D eigenvalue weighted by Crippen LogP contribution is 2.37. The van der Waals surface area contributed by atoms with E-state index in [0.717, 1.165) is 58.0 Å². The number of methoxy groups -OCH3 is 1. The lowest BCUT2D eigenvalue weighted by molar-refractivity contribution is 0.0746. The Kier molecular flexibility index (Phi) is 8.03. The first-order valence-electron chi connectivity index (χ1n) is 14.5. The van der Waals surface area contributed by atoms with Gasteiger partial charge in [-0.05, 0) is 60.5 Å². The Morgan fingerprint density at radius 3 is 2.26 bits per heavy atom. The number of anilines is 1. The van der Waals surface area contributed by atoms with E-state index in [1.54, 1.807) is 13.4 Å². The van der Waals surface area contributed by atoms with Crippen molar-refractivity contribution in [1.29, 1.82) is 0 Å². The van der Waals surface area contributed by atoms with E-state index < -0.39 is 0 Å². The summed E-state index contributed by atoms with van der Waals surface area (Å²) >= 11 is 0. The molecule has 8 heteroatoms. The van der Waals surface area contributed by atoms with Gasteiger partial charge in [0, 0.05) is 49.2 Å². The van der Waals surface area contributed by atoms with E-state index in [0.29, 0.717) is 38.3 Å². The summed E-state index contributed by atoms with van der Waals surface area (Å²) in [7, 11) is 1.67. The lowest BCUT2D eigenvalue weighted by atomic mass is 10.1. The predicted molar refractivity (Wildman–Crippen MR) is 166 cm³/mol. The molecule has 0 saturated carbocycles. The molecule has 0 bridgehead atoms. The topological polar surface area (TPSA) is 72.7 Å². The maximum atomic E-state index is 13.3. The molecule has 1 aliphatic rings. The lowest BCUT2D eigenvalue weighted by Crippen LogP contribution is -2.49. The molecule has 5 aromatic rings. The van der Waals surface area contributed by atoms with Crippen LogP contribution in [0.2, 0.25) is 0 Å². The highest BCUT2D eigenvalue weighted by atomic mass is 16.5. The quantitative estimate of drug-likeness (QED) is 0.199. The molecular weight excluding hydrogens is 526 g/mol. The van der Waals surface area contributed by atoms with Gasteiger partial charge in [-0.3, -0.25) is 4.79 Å². The number of hydrogen-bond acceptors (Lipinski definition) is 6. The van der Waals surface area contributed by atoms with Gasteiger partial charge in [-0.15, -0.1) is 0 Å². The van der Waals surface area contributed by atoms with E-state index in [2.05, 4.69) is 34.7 Å². The molecule has 1 saturated heterocycles. The second kappa shape index (κ2) is 12.3. The zero-order chi connectivity index (χ0) is 28.9. The molecule has 0 atom stereocenters. The van der Waals surface area contributed by atoms with Crippen LogP contribution < -0.4 is 14.4 Å². The Balaban J connectivity index is 1.26. The van der Waals surface area contributed by atoms with Gasteiger partial charge in [0.15, 0.2) is 5.65 Å². The lowest BCUT2D eigenvalue weighted by Gasteiger charge is -2.35. The summed E-state index contributed by atoms with van der Waals surface area (Å²) in [5.74, 6) is 2.52. The molecule has 0 aliphatic carbocycles. The van der Waals surface area contributed by atoms with Crippen molar-refractivity contribution in [2.75, 3.05) is 44.8 Å². The Morgan fingerprint density at radius 1 is 0.857 bits per heavy atom. The van der Waals surface area contributed by atoms with Crippen molar-refractivity contribution in [2.24, 2.45) is 0 Å². The molecule has 0 spiro atoms. The fraction of sp³-hybridized carbons (Fsp3) is 0.265. The van der Waals surface area contributed by atoms with Crippen LogP contribution in [-0.2, 0) is 0 Å². The molecule has 1 amide bonds. The summed E-state index contributed by atoms with van der Waals surface area (Å²) in [5.41, 5.74) is 4.67. The zero-order valence-electron chi connectivity index (χ0n) is 24.1. The first-order chi connectivity index (χ1) is 20.7. The number of rotatable bonds is 9. The average molecular weight is 562 g/mol. The van der Waals surface area contributed by atoms with Gasteiger partial charge in [0.25, 0.3) is 5.91 Å². The fourth-order valence-electron chi connectivity index (χ4n) is 5.39. The maximum Gasteiger partial charge on any atom is 0.253 e. The Labute approximate surface area is 246 Å². The first kappa shape index (κ1) is 27.3. The molecule has 0 unspecified atom stereocenters. The van der Waals surface area contributed by atoms with E-state index in [1.807, 2.05) is 71.6 Å². The summed E-state index contributed by atoms with van der Waals surface area (Å²) in [6.07, 6.45) is 5.87. The predicted octanol–water partition coefficient (Wildman–Crippen LogP) is 6.24. The van der Waals surface area contributed by atoms with Crippen molar-refractivity contribution in [3.63, 3.8) is 0 Å². The minimum atomic E-state index is 0.0400. The Hall–Kier alpha value is -4.85. The van der Waals surface area contributed by atoms with E-state index in [1.165, 1.54) is 0 Å². The van der Waals surface area contributed by atoms with Crippen LogP contribution >= 0.6 is 0 Å². The molecule has 1 aliphatic heterocycles. The Morgan fingerprint density at radius 2 is 1.57 bits per heavy atom. The summed E-state index contributed by atoms with van der Waals surface area (Å²) in [6.45, 7) is 5.41. The number of hydrogen-bond donors (Lipinski definition) is 0. The van der Waals surface area contributed by atoms with Crippen molar-refractivity contribution < 1.29 is 14.3 Å². The van der Waals surface area contributed by atoms with Crippen LogP contribution in [0.4, 0.5) is 5.82 Å². The number of ether oxygens (including phenoxy) is 2. The van der Waals surface area contributed by atoms with Crippen molar-refractivity contribution in [3.05, 3.63) is 97.0 Å². The van der Waals surface area contributed by atoms with Gasteiger partial charge in [0.2, 0.25) is 0 Å². The molecule has 3 aromatic carbocycles. The Bertz CT molecular complexity index is 1640. The third-order valence-electron chi connectivity index (χ3n) is 7.73. The van der Waals surface area contributed by atoms with Crippen molar-refractivity contribution >= 4 is 22.8 Å². The number of benzene rings is 3.